The van der Waals surface area contributed by atoms with E-state index in [9.17, 15) is 0 Å². The summed E-state index contributed by atoms with van der Waals surface area (Å²) in [6, 6.07) is 6.93. The lowest BCUT2D eigenvalue weighted by atomic mass is 10.1. The number of guanidine groups is 1. The number of anilines is 2. The van der Waals surface area contributed by atoms with Gasteiger partial charge >= 0.3 is 0 Å². The van der Waals surface area contributed by atoms with Crippen molar-refractivity contribution in [1.82, 2.24) is 14.9 Å². The average molecular weight is 437 g/mol. The number of benzene rings is 1. The van der Waals surface area contributed by atoms with E-state index in [2.05, 4.69) is 27.1 Å². The Morgan fingerprint density at radius 1 is 1.31 bits per heavy atom. The van der Waals surface area contributed by atoms with Gasteiger partial charge in [0.25, 0.3) is 0 Å². The van der Waals surface area contributed by atoms with E-state index in [0.29, 0.717) is 27.6 Å². The zero-order valence-corrected chi connectivity index (χ0v) is 18.4. The molecule has 1 aliphatic heterocycles. The molecule has 0 bridgehead atoms. The quantitative estimate of drug-likeness (QED) is 0.532. The van der Waals surface area contributed by atoms with Crippen LogP contribution < -0.4 is 15.0 Å². The molecule has 9 heteroatoms. The number of nitrogens with one attached hydrogen (secondary N) is 2. The lowest BCUT2D eigenvalue weighted by molar-refractivity contribution is 0.0882. The first-order valence-corrected chi connectivity index (χ1v) is 10.4. The topological polar surface area (TPSA) is 77.4 Å². The highest BCUT2D eigenvalue weighted by atomic mass is 35.5. The summed E-state index contributed by atoms with van der Waals surface area (Å²) in [5.74, 6) is 1.03. The van der Waals surface area contributed by atoms with Gasteiger partial charge in [0.15, 0.2) is 0 Å². The molecule has 1 aromatic heterocycles. The first-order chi connectivity index (χ1) is 13.9. The van der Waals surface area contributed by atoms with E-state index in [1.807, 2.05) is 13.0 Å². The van der Waals surface area contributed by atoms with Crippen LogP contribution in [0, 0.1) is 12.3 Å². The number of aryl methyl sites for hydroxylation is 1. The summed E-state index contributed by atoms with van der Waals surface area (Å²) in [6.07, 6.45) is 2.25. The molecular formula is C20H26Cl2N6O. The van der Waals surface area contributed by atoms with Gasteiger partial charge in [-0.15, -0.1) is 0 Å². The van der Waals surface area contributed by atoms with Gasteiger partial charge in [-0.1, -0.05) is 30.1 Å². The Hall–Kier alpha value is -2.09. The Morgan fingerprint density at radius 2 is 2.10 bits per heavy atom. The molecule has 1 unspecified atom stereocenters. The van der Waals surface area contributed by atoms with Crippen LogP contribution in [0.4, 0.5) is 11.6 Å². The standard InChI is InChI=1S/C20H26Cl2N6O/c1-4-28-9-5-6-15(12-28)29-18-10-13(2)24-20(26-18)27(3)19(23)25-14-7-8-16(21)17(22)11-14/h7-8,10-11,15H,4-6,9,12H2,1-3H3,(H2,23,25). The van der Waals surface area contributed by atoms with Crippen LogP contribution >= 0.6 is 23.2 Å². The molecule has 0 radical (unpaired) electrons. The molecule has 0 spiro atoms. The monoisotopic (exact) mass is 436 g/mol. The molecule has 29 heavy (non-hydrogen) atoms. The van der Waals surface area contributed by atoms with Crippen molar-refractivity contribution in [3.63, 3.8) is 0 Å². The molecular weight excluding hydrogens is 411 g/mol. The molecule has 2 aromatic rings. The zero-order chi connectivity index (χ0) is 21.0. The minimum Gasteiger partial charge on any atom is -0.473 e. The fraction of sp³-hybridized carbons (Fsp3) is 0.450. The molecule has 2 heterocycles. The van der Waals surface area contributed by atoms with Crippen molar-refractivity contribution in [1.29, 1.82) is 5.41 Å². The van der Waals surface area contributed by atoms with Crippen molar-refractivity contribution in [2.75, 3.05) is 36.9 Å². The first-order valence-electron chi connectivity index (χ1n) is 9.64. The number of halogens is 2. The van der Waals surface area contributed by atoms with E-state index in [0.717, 1.165) is 38.2 Å². The number of hydrogen-bond acceptors (Lipinski definition) is 5. The van der Waals surface area contributed by atoms with Crippen LogP contribution in [0.2, 0.25) is 10.0 Å². The van der Waals surface area contributed by atoms with Crippen LogP contribution in [0.5, 0.6) is 5.88 Å². The second kappa shape index (κ2) is 9.61. The van der Waals surface area contributed by atoms with Crippen LogP contribution in [-0.2, 0) is 0 Å². The maximum atomic E-state index is 8.35. The van der Waals surface area contributed by atoms with Crippen molar-refractivity contribution in [2.45, 2.75) is 32.8 Å². The van der Waals surface area contributed by atoms with Gasteiger partial charge in [-0.3, -0.25) is 15.2 Å². The Morgan fingerprint density at radius 3 is 2.83 bits per heavy atom. The summed E-state index contributed by atoms with van der Waals surface area (Å²) < 4.78 is 6.14. The first kappa shape index (κ1) is 21.6. The molecule has 1 fully saturated rings. The van der Waals surface area contributed by atoms with E-state index in [1.54, 1.807) is 30.1 Å². The van der Waals surface area contributed by atoms with Crippen LogP contribution in [0.15, 0.2) is 24.3 Å². The smallest absolute Gasteiger partial charge is 0.235 e. The van der Waals surface area contributed by atoms with Crippen LogP contribution in [0.25, 0.3) is 0 Å². The molecule has 3 rings (SSSR count). The molecule has 1 atom stereocenters. The number of ether oxygens (including phenoxy) is 1. The van der Waals surface area contributed by atoms with Gasteiger partial charge in [0.1, 0.15) is 6.10 Å². The molecule has 1 aromatic carbocycles. The lowest BCUT2D eigenvalue weighted by Crippen LogP contribution is -2.41. The van der Waals surface area contributed by atoms with E-state index in [-0.39, 0.29) is 12.1 Å². The van der Waals surface area contributed by atoms with Crippen molar-refractivity contribution in [2.24, 2.45) is 0 Å². The Labute approximate surface area is 181 Å². The van der Waals surface area contributed by atoms with E-state index in [4.69, 9.17) is 33.3 Å². The van der Waals surface area contributed by atoms with Gasteiger partial charge in [0, 0.05) is 31.0 Å². The lowest BCUT2D eigenvalue weighted by Gasteiger charge is -2.31. The number of likely N-dealkylation sites (tertiary alicyclic amines) is 1. The van der Waals surface area contributed by atoms with Crippen LogP contribution in [-0.4, -0.2) is 53.6 Å². The third-order valence-electron chi connectivity index (χ3n) is 4.83. The molecule has 0 aliphatic carbocycles. The van der Waals surface area contributed by atoms with E-state index < -0.39 is 0 Å². The molecule has 0 saturated carbocycles. The van der Waals surface area contributed by atoms with Gasteiger partial charge in [0.05, 0.1) is 10.0 Å². The Bertz CT molecular complexity index is 878. The summed E-state index contributed by atoms with van der Waals surface area (Å²) in [5, 5.41) is 12.2. The minimum absolute atomic E-state index is 0.106. The predicted molar refractivity (Wildman–Crippen MR) is 119 cm³/mol. The summed E-state index contributed by atoms with van der Waals surface area (Å²) in [6.45, 7) is 7.09. The maximum absolute atomic E-state index is 8.35. The summed E-state index contributed by atoms with van der Waals surface area (Å²) in [5.41, 5.74) is 1.43. The molecule has 0 amide bonds. The van der Waals surface area contributed by atoms with Gasteiger partial charge in [-0.2, -0.15) is 4.98 Å². The van der Waals surface area contributed by atoms with Crippen molar-refractivity contribution >= 4 is 40.8 Å². The van der Waals surface area contributed by atoms with Crippen molar-refractivity contribution in [3.05, 3.63) is 40.0 Å². The van der Waals surface area contributed by atoms with Gasteiger partial charge in [-0.25, -0.2) is 4.98 Å². The molecule has 1 saturated heterocycles. The number of nitrogens with zero attached hydrogens (tertiary/aromatic N) is 4. The van der Waals surface area contributed by atoms with E-state index >= 15 is 0 Å². The highest BCUT2D eigenvalue weighted by molar-refractivity contribution is 6.42. The van der Waals surface area contributed by atoms with Crippen LogP contribution in [0.3, 0.4) is 0 Å². The number of likely N-dealkylation sites (N-methyl/N-ethyl adjacent to an activating group) is 1. The highest BCUT2D eigenvalue weighted by Crippen LogP contribution is 2.25. The largest absolute Gasteiger partial charge is 0.473 e. The summed E-state index contributed by atoms with van der Waals surface area (Å²) in [7, 11) is 1.73. The van der Waals surface area contributed by atoms with Crippen molar-refractivity contribution in [3.8, 4) is 5.88 Å². The van der Waals surface area contributed by atoms with Crippen LogP contribution in [0.1, 0.15) is 25.5 Å². The maximum Gasteiger partial charge on any atom is 0.235 e. The van der Waals surface area contributed by atoms with Crippen molar-refractivity contribution < 1.29 is 4.74 Å². The zero-order valence-electron chi connectivity index (χ0n) is 16.9. The second-order valence-corrected chi connectivity index (χ2v) is 7.90. The normalized spacial score (nSPS) is 17.1. The SMILES string of the molecule is CCN1CCCC(Oc2cc(C)nc(N(C)C(=N)Nc3ccc(Cl)c(Cl)c3)n2)C1. The fourth-order valence-corrected chi connectivity index (χ4v) is 3.49. The Kier molecular flexibility index (Phi) is 7.16. The number of aromatic nitrogens is 2. The van der Waals surface area contributed by atoms with Gasteiger partial charge in [0.2, 0.25) is 17.8 Å². The van der Waals surface area contributed by atoms with Gasteiger partial charge in [-0.05, 0) is 51.1 Å². The second-order valence-electron chi connectivity index (χ2n) is 7.08. The third-order valence-corrected chi connectivity index (χ3v) is 5.57. The molecule has 156 valence electrons. The minimum atomic E-state index is 0.106. The molecule has 2 N–H and O–H groups in total. The fourth-order valence-electron chi connectivity index (χ4n) is 3.20. The highest BCUT2D eigenvalue weighted by Gasteiger charge is 2.21. The Balaban J connectivity index is 1.70. The average Bonchev–Trinajstić information content (AvgIpc) is 2.69. The third kappa shape index (κ3) is 5.72. The number of rotatable bonds is 5. The predicted octanol–water partition coefficient (Wildman–Crippen LogP) is 4.44. The molecule has 7 nitrogen and oxygen atoms in total. The molecule has 1 aliphatic rings. The summed E-state index contributed by atoms with van der Waals surface area (Å²) >= 11 is 12.0. The summed E-state index contributed by atoms with van der Waals surface area (Å²) in [4.78, 5) is 12.9. The number of hydrogen-bond donors (Lipinski definition) is 2. The van der Waals surface area contributed by atoms with E-state index in [1.165, 1.54) is 0 Å². The number of piperidine rings is 1. The van der Waals surface area contributed by atoms with Gasteiger partial charge < -0.3 is 10.1 Å².